The predicted molar refractivity (Wildman–Crippen MR) is 289 cm³/mol. The Morgan fingerprint density at radius 3 is 1.82 bits per heavy atom. The Morgan fingerprint density at radius 1 is 0.500 bits per heavy atom. The van der Waals surface area contributed by atoms with E-state index in [9.17, 15) is 0 Å². The van der Waals surface area contributed by atoms with Crippen LogP contribution >= 0.6 is 0 Å². The van der Waals surface area contributed by atoms with E-state index in [1.807, 2.05) is 6.07 Å². The smallest absolute Gasteiger partial charge is 0.198 e. The molecule has 1 aliphatic rings. The number of fused-ring (bicyclic) bond motifs is 12. The Bertz CT molecular complexity index is 3940. The molecular formula is C62H50BN3O2. The molecule has 6 heteroatoms. The first kappa shape index (κ1) is 40.3. The van der Waals surface area contributed by atoms with E-state index in [1.165, 1.54) is 49.5 Å². The summed E-state index contributed by atoms with van der Waals surface area (Å²) in [6, 6.07) is 66.0. The number of hydrogen-bond acceptors (Lipinski definition) is 4. The first-order chi connectivity index (χ1) is 33.0. The largest absolute Gasteiger partial charge is 0.456 e. The maximum absolute atomic E-state index is 7.28. The van der Waals surface area contributed by atoms with Crippen molar-refractivity contribution in [3.8, 4) is 16.8 Å². The van der Waals surface area contributed by atoms with Gasteiger partial charge in [-0.1, -0.05) is 144 Å². The van der Waals surface area contributed by atoms with Crippen LogP contribution in [0.3, 0.4) is 0 Å². The minimum Gasteiger partial charge on any atom is -0.456 e. The van der Waals surface area contributed by atoms with E-state index in [4.69, 9.17) is 8.83 Å². The van der Waals surface area contributed by atoms with Gasteiger partial charge in [-0.2, -0.15) is 0 Å². The molecule has 5 nitrogen and oxygen atoms in total. The Balaban J connectivity index is 1.16. The summed E-state index contributed by atoms with van der Waals surface area (Å²) in [5.41, 5.74) is 19.5. The highest BCUT2D eigenvalue weighted by Crippen LogP contribution is 2.49. The summed E-state index contributed by atoms with van der Waals surface area (Å²) < 4.78 is 16.5. The van der Waals surface area contributed by atoms with Crippen LogP contribution in [-0.4, -0.2) is 11.8 Å². The molecule has 0 aliphatic carbocycles. The van der Waals surface area contributed by atoms with Crippen molar-refractivity contribution in [2.24, 2.45) is 0 Å². The molecule has 68 heavy (non-hydrogen) atoms. The van der Waals surface area contributed by atoms with Crippen LogP contribution in [0.4, 0.5) is 28.4 Å². The van der Waals surface area contributed by atoms with Crippen LogP contribution < -0.4 is 21.1 Å². The molecule has 1 aliphatic heterocycles. The molecule has 13 rings (SSSR count). The minimum atomic E-state index is -0.0610. The van der Waals surface area contributed by atoms with Gasteiger partial charge < -0.3 is 23.6 Å². The van der Waals surface area contributed by atoms with Crippen LogP contribution in [0.25, 0.3) is 82.5 Å². The summed E-state index contributed by atoms with van der Waals surface area (Å²) in [7, 11) is 0.706. The number of hydrogen-bond donors (Lipinski definition) is 1. The van der Waals surface area contributed by atoms with Crippen LogP contribution in [0.15, 0.2) is 191 Å². The van der Waals surface area contributed by atoms with Crippen molar-refractivity contribution >= 4 is 112 Å². The Hall–Kier alpha value is -7.96. The molecule has 12 aromatic rings. The van der Waals surface area contributed by atoms with Crippen LogP contribution in [0.5, 0.6) is 0 Å². The zero-order valence-electron chi connectivity index (χ0n) is 39.2. The molecular weight excluding hydrogens is 830 g/mol. The number of benzene rings is 9. The first-order valence-electron chi connectivity index (χ1n) is 23.8. The van der Waals surface area contributed by atoms with Crippen molar-refractivity contribution in [1.29, 1.82) is 0 Å². The predicted octanol–water partition coefficient (Wildman–Crippen LogP) is 15.8. The molecule has 0 fully saturated rings. The van der Waals surface area contributed by atoms with Gasteiger partial charge in [0.15, 0.2) is 7.28 Å². The molecule has 328 valence electrons. The lowest BCUT2D eigenvalue weighted by Gasteiger charge is -2.29. The average molecular weight is 880 g/mol. The lowest BCUT2D eigenvalue weighted by molar-refractivity contribution is 0.590. The van der Waals surface area contributed by atoms with Crippen molar-refractivity contribution < 1.29 is 8.83 Å². The fraction of sp³-hybridized carbons (Fsp3) is 0.129. The third-order valence-corrected chi connectivity index (χ3v) is 14.3. The van der Waals surface area contributed by atoms with Crippen LogP contribution in [0.1, 0.15) is 52.7 Å². The maximum atomic E-state index is 7.28. The molecule has 0 bridgehead atoms. The average Bonchev–Trinajstić information content (AvgIpc) is 4.02. The zero-order chi connectivity index (χ0) is 46.1. The normalized spacial score (nSPS) is 12.7. The molecule has 0 spiro atoms. The molecule has 0 saturated heterocycles. The van der Waals surface area contributed by atoms with E-state index in [1.54, 1.807) is 0 Å². The molecule has 0 unspecified atom stereocenters. The summed E-state index contributed by atoms with van der Waals surface area (Å²) in [6.45, 7) is 13.7. The van der Waals surface area contributed by atoms with Crippen LogP contribution in [0, 0.1) is 0 Å². The van der Waals surface area contributed by atoms with Crippen LogP contribution in [-0.2, 0) is 10.8 Å². The summed E-state index contributed by atoms with van der Waals surface area (Å²) in [4.78, 5) is 2.37. The van der Waals surface area contributed by atoms with Gasteiger partial charge in [0.25, 0.3) is 0 Å². The SMILES string of the molecule is CC(C)(C)c1ccc(Nc2cc3oc4ccccc4c3cc2-c2c3c4c(c5cc(C(C)(C)C)ccc5n4-c4cc(N(c5ccccc5)c5ccccc5)ccc4B3)c3c2oc2ccccc23)cc1. The lowest BCUT2D eigenvalue weighted by atomic mass is 9.58. The molecule has 1 N–H and O–H groups in total. The maximum Gasteiger partial charge on any atom is 0.198 e. The van der Waals surface area contributed by atoms with Gasteiger partial charge in [-0.3, -0.25) is 0 Å². The van der Waals surface area contributed by atoms with Crippen molar-refractivity contribution in [2.45, 2.75) is 52.4 Å². The molecule has 0 amide bonds. The second-order valence-corrected chi connectivity index (χ2v) is 20.6. The number of furan rings is 2. The van der Waals surface area contributed by atoms with Gasteiger partial charge in [0, 0.05) is 77.9 Å². The fourth-order valence-corrected chi connectivity index (χ4v) is 10.9. The summed E-state index contributed by atoms with van der Waals surface area (Å²) in [5.74, 6) is 0. The summed E-state index contributed by atoms with van der Waals surface area (Å²) in [6.07, 6.45) is 0. The molecule has 0 saturated carbocycles. The van der Waals surface area contributed by atoms with E-state index in [0.29, 0.717) is 7.28 Å². The van der Waals surface area contributed by atoms with Gasteiger partial charge >= 0.3 is 0 Å². The quantitative estimate of drug-likeness (QED) is 0.169. The molecule has 0 atom stereocenters. The first-order valence-corrected chi connectivity index (χ1v) is 23.8. The highest BCUT2D eigenvalue weighted by atomic mass is 16.3. The summed E-state index contributed by atoms with van der Waals surface area (Å²) in [5, 5.41) is 10.8. The monoisotopic (exact) mass is 879 g/mol. The Morgan fingerprint density at radius 2 is 1.13 bits per heavy atom. The van der Waals surface area contributed by atoms with E-state index in [2.05, 4.69) is 232 Å². The van der Waals surface area contributed by atoms with Crippen molar-refractivity contribution in [2.75, 3.05) is 10.2 Å². The molecule has 3 aromatic heterocycles. The third-order valence-electron chi connectivity index (χ3n) is 14.3. The Kier molecular flexibility index (Phi) is 8.76. The van der Waals surface area contributed by atoms with Gasteiger partial charge in [-0.15, -0.1) is 0 Å². The molecule has 0 radical (unpaired) electrons. The third kappa shape index (κ3) is 6.24. The van der Waals surface area contributed by atoms with Crippen LogP contribution in [0.2, 0.25) is 0 Å². The number of aromatic nitrogens is 1. The van der Waals surface area contributed by atoms with Crippen molar-refractivity contribution in [1.82, 2.24) is 4.57 Å². The minimum absolute atomic E-state index is 0.0341. The second-order valence-electron chi connectivity index (χ2n) is 20.6. The van der Waals surface area contributed by atoms with E-state index in [-0.39, 0.29) is 10.8 Å². The van der Waals surface area contributed by atoms with Gasteiger partial charge in [-0.25, -0.2) is 0 Å². The zero-order valence-corrected chi connectivity index (χ0v) is 39.2. The number of rotatable bonds is 6. The number of anilines is 5. The van der Waals surface area contributed by atoms with Gasteiger partial charge in [0.2, 0.25) is 0 Å². The standard InChI is InChI=1S/C62H50BN3O2/c1-61(2,3)37-25-28-39(29-26-37)64-49-36-54-45(43-21-13-15-23-52(43)67-54)35-46(49)57-58-59-55(56-44-22-14-16-24-53(44)68-60(56)57)47-33-38(62(4,5)6)27-32-50(47)66(59)51-34-42(30-31-48(51)63-58)65(40-17-9-7-10-18-40)41-19-11-8-12-20-41/h7-36,63-64H,1-6H3. The lowest BCUT2D eigenvalue weighted by Crippen LogP contribution is -2.37. The summed E-state index contributed by atoms with van der Waals surface area (Å²) >= 11 is 0. The van der Waals surface area contributed by atoms with Crippen molar-refractivity contribution in [3.63, 3.8) is 0 Å². The van der Waals surface area contributed by atoms with Gasteiger partial charge in [-0.05, 0) is 106 Å². The number of nitrogens with zero attached hydrogens (tertiary/aromatic N) is 2. The highest BCUT2D eigenvalue weighted by Gasteiger charge is 2.33. The second kappa shape index (κ2) is 14.8. The highest BCUT2D eigenvalue weighted by molar-refractivity contribution is 6.74. The molecule has 4 heterocycles. The van der Waals surface area contributed by atoms with E-state index < -0.39 is 0 Å². The van der Waals surface area contributed by atoms with E-state index >= 15 is 0 Å². The Labute approximate surface area is 396 Å². The van der Waals surface area contributed by atoms with Gasteiger partial charge in [0.05, 0.1) is 16.7 Å². The topological polar surface area (TPSA) is 46.5 Å². The molecule has 9 aromatic carbocycles. The van der Waals surface area contributed by atoms with Crippen molar-refractivity contribution in [3.05, 3.63) is 193 Å². The number of nitrogens with one attached hydrogen (secondary N) is 1. The fourth-order valence-electron chi connectivity index (χ4n) is 10.9. The number of para-hydroxylation sites is 4. The van der Waals surface area contributed by atoms with E-state index in [0.717, 1.165) is 83.4 Å². The van der Waals surface area contributed by atoms with Gasteiger partial charge in [0.1, 0.15) is 22.3 Å².